The first kappa shape index (κ1) is 12.2. The Morgan fingerprint density at radius 1 is 1.44 bits per heavy atom. The smallest absolute Gasteiger partial charge is 0.345 e. The summed E-state index contributed by atoms with van der Waals surface area (Å²) in [5, 5.41) is 17.9. The maximum Gasteiger partial charge on any atom is 0.345 e. The molecule has 0 saturated heterocycles. The zero-order valence-electron chi connectivity index (χ0n) is 9.92. The van der Waals surface area contributed by atoms with Gasteiger partial charge in [-0.05, 0) is 25.0 Å². The average Bonchev–Trinajstić information content (AvgIpc) is 3.19. The first-order chi connectivity index (χ1) is 8.63. The largest absolute Gasteiger partial charge is 0.497 e. The van der Waals surface area contributed by atoms with Gasteiger partial charge in [0.15, 0.2) is 6.10 Å². The Labute approximate surface area is 105 Å². The molecule has 0 aliphatic heterocycles. The molecule has 1 aromatic carbocycles. The topological polar surface area (TPSA) is 79.5 Å². The molecule has 1 aliphatic rings. The number of nitriles is 1. The van der Waals surface area contributed by atoms with Crippen LogP contribution in [0.15, 0.2) is 18.2 Å². The number of hydrogen-bond acceptors (Lipinski definition) is 4. The number of carbonyl (C=O) groups is 1. The van der Waals surface area contributed by atoms with E-state index >= 15 is 0 Å². The van der Waals surface area contributed by atoms with Gasteiger partial charge in [-0.25, -0.2) is 4.79 Å². The Hall–Kier alpha value is -2.22. The molecular weight excluding hydrogens is 234 g/mol. The SMILES string of the molecule is COc1cc(C#N)cc(OC(C(=O)O)C2CC2)c1. The minimum absolute atomic E-state index is 0.0687. The highest BCUT2D eigenvalue weighted by Crippen LogP contribution is 2.35. The summed E-state index contributed by atoms with van der Waals surface area (Å²) in [7, 11) is 1.48. The number of methoxy groups -OCH3 is 1. The number of nitrogens with zero attached hydrogens (tertiary/aromatic N) is 1. The van der Waals surface area contributed by atoms with Gasteiger partial charge in [0.25, 0.3) is 0 Å². The number of ether oxygens (including phenoxy) is 2. The van der Waals surface area contributed by atoms with Crippen molar-refractivity contribution in [2.45, 2.75) is 18.9 Å². The number of benzene rings is 1. The van der Waals surface area contributed by atoms with Gasteiger partial charge in [-0.2, -0.15) is 5.26 Å². The van der Waals surface area contributed by atoms with E-state index < -0.39 is 12.1 Å². The minimum Gasteiger partial charge on any atom is -0.497 e. The summed E-state index contributed by atoms with van der Waals surface area (Å²) >= 11 is 0. The van der Waals surface area contributed by atoms with Gasteiger partial charge < -0.3 is 14.6 Å². The molecule has 0 bridgehead atoms. The summed E-state index contributed by atoms with van der Waals surface area (Å²) < 4.78 is 10.5. The molecule has 0 radical (unpaired) electrons. The summed E-state index contributed by atoms with van der Waals surface area (Å²) in [6.07, 6.45) is 0.890. The number of rotatable bonds is 5. The van der Waals surface area contributed by atoms with E-state index in [9.17, 15) is 4.79 Å². The van der Waals surface area contributed by atoms with Crippen LogP contribution >= 0.6 is 0 Å². The Kier molecular flexibility index (Phi) is 3.38. The van der Waals surface area contributed by atoms with E-state index in [2.05, 4.69) is 0 Å². The van der Waals surface area contributed by atoms with Crippen LogP contribution in [0.25, 0.3) is 0 Å². The summed E-state index contributed by atoms with van der Waals surface area (Å²) in [4.78, 5) is 11.1. The van der Waals surface area contributed by atoms with Crippen molar-refractivity contribution in [1.82, 2.24) is 0 Å². The van der Waals surface area contributed by atoms with E-state index in [1.165, 1.54) is 13.2 Å². The third kappa shape index (κ3) is 2.72. The van der Waals surface area contributed by atoms with E-state index in [0.29, 0.717) is 17.1 Å². The first-order valence-corrected chi connectivity index (χ1v) is 5.62. The average molecular weight is 247 g/mol. The summed E-state index contributed by atoms with van der Waals surface area (Å²) in [5.41, 5.74) is 0.379. The molecule has 5 heteroatoms. The predicted molar refractivity (Wildman–Crippen MR) is 62.5 cm³/mol. The predicted octanol–water partition coefficient (Wildman–Crippen LogP) is 1.81. The number of carboxylic acid groups (broad SMARTS) is 1. The van der Waals surface area contributed by atoms with Crippen LogP contribution in [-0.2, 0) is 4.79 Å². The number of aliphatic carboxylic acids is 1. The molecule has 2 rings (SSSR count). The van der Waals surface area contributed by atoms with Crippen LogP contribution in [-0.4, -0.2) is 24.3 Å². The maximum atomic E-state index is 11.1. The lowest BCUT2D eigenvalue weighted by atomic mass is 10.2. The van der Waals surface area contributed by atoms with Crippen molar-refractivity contribution in [3.05, 3.63) is 23.8 Å². The molecule has 0 aromatic heterocycles. The lowest BCUT2D eigenvalue weighted by Gasteiger charge is -2.15. The molecule has 1 aromatic rings. The van der Waals surface area contributed by atoms with Crippen LogP contribution < -0.4 is 9.47 Å². The molecule has 1 N–H and O–H groups in total. The summed E-state index contributed by atoms with van der Waals surface area (Å²) in [5.74, 6) is -0.0766. The van der Waals surface area contributed by atoms with Crippen LogP contribution in [0, 0.1) is 17.2 Å². The van der Waals surface area contributed by atoms with Crippen molar-refractivity contribution in [3.63, 3.8) is 0 Å². The highest BCUT2D eigenvalue weighted by atomic mass is 16.5. The van der Waals surface area contributed by atoms with Gasteiger partial charge in [0.1, 0.15) is 11.5 Å². The van der Waals surface area contributed by atoms with Crippen LogP contribution in [0.4, 0.5) is 0 Å². The van der Waals surface area contributed by atoms with Gasteiger partial charge in [0.05, 0.1) is 18.7 Å². The molecule has 94 valence electrons. The monoisotopic (exact) mass is 247 g/mol. The fourth-order valence-corrected chi connectivity index (χ4v) is 1.72. The first-order valence-electron chi connectivity index (χ1n) is 5.62. The lowest BCUT2D eigenvalue weighted by Crippen LogP contribution is -2.29. The standard InChI is InChI=1S/C13H13NO4/c1-17-10-4-8(7-14)5-11(6-10)18-12(13(15)16)9-2-3-9/h4-6,9,12H,2-3H2,1H3,(H,15,16). The molecule has 1 saturated carbocycles. The van der Waals surface area contributed by atoms with Crippen molar-refractivity contribution < 1.29 is 19.4 Å². The van der Waals surface area contributed by atoms with Gasteiger partial charge in [-0.15, -0.1) is 0 Å². The fraction of sp³-hybridized carbons (Fsp3) is 0.385. The summed E-state index contributed by atoms with van der Waals surface area (Å²) in [6.45, 7) is 0. The van der Waals surface area contributed by atoms with Crippen LogP contribution in [0.2, 0.25) is 0 Å². The van der Waals surface area contributed by atoms with E-state index in [4.69, 9.17) is 19.8 Å². The van der Waals surface area contributed by atoms with Gasteiger partial charge >= 0.3 is 5.97 Å². The molecule has 1 fully saturated rings. The zero-order chi connectivity index (χ0) is 13.1. The van der Waals surface area contributed by atoms with Gasteiger partial charge in [-0.1, -0.05) is 0 Å². The Morgan fingerprint density at radius 3 is 2.61 bits per heavy atom. The van der Waals surface area contributed by atoms with E-state index in [-0.39, 0.29) is 5.92 Å². The van der Waals surface area contributed by atoms with Crippen LogP contribution in [0.5, 0.6) is 11.5 Å². The molecule has 5 nitrogen and oxygen atoms in total. The van der Waals surface area contributed by atoms with Gasteiger partial charge in [0, 0.05) is 12.0 Å². The van der Waals surface area contributed by atoms with Crippen LogP contribution in [0.3, 0.4) is 0 Å². The molecular formula is C13H13NO4. The quantitative estimate of drug-likeness (QED) is 0.858. The normalized spacial score (nSPS) is 15.6. The van der Waals surface area contributed by atoms with Crippen molar-refractivity contribution in [2.24, 2.45) is 5.92 Å². The number of hydrogen-bond donors (Lipinski definition) is 1. The Bertz CT molecular complexity index is 502. The fourth-order valence-electron chi connectivity index (χ4n) is 1.72. The van der Waals surface area contributed by atoms with E-state index in [1.807, 2.05) is 6.07 Å². The number of carboxylic acids is 1. The molecule has 18 heavy (non-hydrogen) atoms. The van der Waals surface area contributed by atoms with Gasteiger partial charge in [0.2, 0.25) is 0 Å². The minimum atomic E-state index is -0.973. The molecule has 1 aliphatic carbocycles. The maximum absolute atomic E-state index is 11.1. The highest BCUT2D eigenvalue weighted by Gasteiger charge is 2.38. The van der Waals surface area contributed by atoms with Crippen molar-refractivity contribution in [3.8, 4) is 17.6 Å². The Balaban J connectivity index is 2.21. The second kappa shape index (κ2) is 4.96. The highest BCUT2D eigenvalue weighted by molar-refractivity contribution is 5.73. The third-order valence-corrected chi connectivity index (χ3v) is 2.80. The zero-order valence-corrected chi connectivity index (χ0v) is 9.92. The molecule has 1 atom stereocenters. The Morgan fingerprint density at radius 2 is 2.11 bits per heavy atom. The van der Waals surface area contributed by atoms with Crippen molar-refractivity contribution in [1.29, 1.82) is 5.26 Å². The molecule has 0 spiro atoms. The van der Waals surface area contributed by atoms with E-state index in [1.54, 1.807) is 12.1 Å². The molecule has 1 unspecified atom stereocenters. The third-order valence-electron chi connectivity index (χ3n) is 2.80. The lowest BCUT2D eigenvalue weighted by molar-refractivity contribution is -0.146. The molecule has 0 amide bonds. The van der Waals surface area contributed by atoms with Gasteiger partial charge in [-0.3, -0.25) is 0 Å². The van der Waals surface area contributed by atoms with Crippen molar-refractivity contribution in [2.75, 3.05) is 7.11 Å². The van der Waals surface area contributed by atoms with Crippen molar-refractivity contribution >= 4 is 5.97 Å². The second-order valence-electron chi connectivity index (χ2n) is 4.22. The van der Waals surface area contributed by atoms with Crippen LogP contribution in [0.1, 0.15) is 18.4 Å². The van der Waals surface area contributed by atoms with E-state index in [0.717, 1.165) is 12.8 Å². The second-order valence-corrected chi connectivity index (χ2v) is 4.22. The molecule has 0 heterocycles. The summed E-state index contributed by atoms with van der Waals surface area (Å²) in [6, 6.07) is 6.65.